The van der Waals surface area contributed by atoms with Gasteiger partial charge in [0.2, 0.25) is 0 Å². The molecule has 0 saturated carbocycles. The van der Waals surface area contributed by atoms with Crippen LogP contribution in [0.25, 0.3) is 0 Å². The van der Waals surface area contributed by atoms with Gasteiger partial charge < -0.3 is 39.4 Å². The van der Waals surface area contributed by atoms with Crippen molar-refractivity contribution in [2.75, 3.05) is 52.9 Å². The maximum Gasteiger partial charge on any atom is 0.336 e. The summed E-state index contributed by atoms with van der Waals surface area (Å²) >= 11 is 0. The average molecular weight is 430 g/mol. The topological polar surface area (TPSA) is 152 Å². The van der Waals surface area contributed by atoms with Gasteiger partial charge in [-0.2, -0.15) is 0 Å². The summed E-state index contributed by atoms with van der Waals surface area (Å²) in [4.78, 5) is 23.3. The second-order valence-electron chi connectivity index (χ2n) is 6.26. The van der Waals surface area contributed by atoms with Crippen molar-refractivity contribution >= 4 is 11.9 Å². The van der Waals surface area contributed by atoms with Crippen LogP contribution in [0.15, 0.2) is 12.1 Å². The second-order valence-corrected chi connectivity index (χ2v) is 6.26. The zero-order valence-corrected chi connectivity index (χ0v) is 16.9. The van der Waals surface area contributed by atoms with Crippen LogP contribution in [0.1, 0.15) is 44.7 Å². The molecule has 0 atom stereocenters. The summed E-state index contributed by atoms with van der Waals surface area (Å²) in [7, 11) is 0. The molecule has 30 heavy (non-hydrogen) atoms. The third-order valence-electron chi connectivity index (χ3n) is 3.92. The maximum absolute atomic E-state index is 11.7. The molecule has 0 unspecified atom stereocenters. The number of aliphatic hydroxyl groups excluding tert-OH is 2. The molecule has 0 aliphatic rings. The molecule has 10 nitrogen and oxygen atoms in total. The zero-order valence-electron chi connectivity index (χ0n) is 16.9. The first-order chi connectivity index (χ1) is 14.5. The van der Waals surface area contributed by atoms with Crippen molar-refractivity contribution in [1.82, 2.24) is 0 Å². The Bertz CT molecular complexity index is 611. The molecular weight excluding hydrogens is 400 g/mol. The van der Waals surface area contributed by atoms with Gasteiger partial charge in [-0.3, -0.25) is 0 Å². The van der Waals surface area contributed by atoms with Crippen molar-refractivity contribution in [1.29, 1.82) is 0 Å². The number of aliphatic hydroxyl groups is 2. The van der Waals surface area contributed by atoms with Crippen molar-refractivity contribution in [2.24, 2.45) is 0 Å². The molecule has 1 rings (SSSR count). The van der Waals surface area contributed by atoms with E-state index in [4.69, 9.17) is 29.2 Å². The first-order valence-electron chi connectivity index (χ1n) is 9.66. The smallest absolute Gasteiger partial charge is 0.336 e. The summed E-state index contributed by atoms with van der Waals surface area (Å²) in [6.45, 7) is 1.66. The third-order valence-corrected chi connectivity index (χ3v) is 3.92. The van der Waals surface area contributed by atoms with Gasteiger partial charge in [-0.1, -0.05) is 0 Å². The van der Waals surface area contributed by atoms with E-state index in [0.717, 1.165) is 0 Å². The lowest BCUT2D eigenvalue weighted by Crippen LogP contribution is -2.15. The second kappa shape index (κ2) is 15.7. The largest absolute Gasteiger partial charge is 0.478 e. The molecule has 170 valence electrons. The van der Waals surface area contributed by atoms with Gasteiger partial charge in [-0.25, -0.2) is 9.59 Å². The highest BCUT2D eigenvalue weighted by Crippen LogP contribution is 2.21. The molecule has 1 aromatic rings. The number of carboxylic acid groups (broad SMARTS) is 2. The van der Waals surface area contributed by atoms with Crippen LogP contribution in [-0.4, -0.2) is 85.2 Å². The summed E-state index contributed by atoms with van der Waals surface area (Å²) in [5.41, 5.74) is 0.167. The molecular formula is C20H30O10. The van der Waals surface area contributed by atoms with Crippen LogP contribution < -0.4 is 0 Å². The van der Waals surface area contributed by atoms with E-state index in [1.807, 2.05) is 0 Å². The van der Waals surface area contributed by atoms with Crippen molar-refractivity contribution in [2.45, 2.75) is 26.1 Å². The summed E-state index contributed by atoms with van der Waals surface area (Å²) < 4.78 is 21.2. The van der Waals surface area contributed by atoms with E-state index in [-0.39, 0.29) is 62.9 Å². The number of hydrogen-bond acceptors (Lipinski definition) is 8. The first-order valence-corrected chi connectivity index (χ1v) is 9.66. The van der Waals surface area contributed by atoms with E-state index < -0.39 is 11.9 Å². The van der Waals surface area contributed by atoms with Crippen LogP contribution in [0.2, 0.25) is 0 Å². The Hall–Kier alpha value is -2.08. The fourth-order valence-corrected chi connectivity index (χ4v) is 2.49. The van der Waals surface area contributed by atoms with Crippen molar-refractivity contribution < 1.29 is 49.0 Å². The van der Waals surface area contributed by atoms with Crippen molar-refractivity contribution in [3.05, 3.63) is 34.4 Å². The van der Waals surface area contributed by atoms with Gasteiger partial charge in [0.05, 0.1) is 50.8 Å². The standard InChI is InChI=1S/C20H30O10/c21-3-1-5-27-7-9-29-13-15-11-16(19(23)24)18(17(12-15)20(25)26)14-30-10-8-28-6-2-4-22/h11-12,21-22H,1-10,13-14H2,(H,23,24)(H,25,26). The highest BCUT2D eigenvalue weighted by molar-refractivity contribution is 5.97. The highest BCUT2D eigenvalue weighted by atomic mass is 16.5. The molecule has 0 aromatic heterocycles. The van der Waals surface area contributed by atoms with Gasteiger partial charge >= 0.3 is 11.9 Å². The van der Waals surface area contributed by atoms with Crippen molar-refractivity contribution in [3.63, 3.8) is 0 Å². The average Bonchev–Trinajstić information content (AvgIpc) is 2.72. The lowest BCUT2D eigenvalue weighted by molar-refractivity contribution is 0.0342. The molecule has 0 bridgehead atoms. The van der Waals surface area contributed by atoms with Crippen LogP contribution in [-0.2, 0) is 32.2 Å². The molecule has 4 N–H and O–H groups in total. The Kier molecular flexibility index (Phi) is 13.6. The minimum Gasteiger partial charge on any atom is -0.478 e. The number of ether oxygens (including phenoxy) is 4. The molecule has 0 saturated heterocycles. The maximum atomic E-state index is 11.7. The Labute approximate surface area is 174 Å². The van der Waals surface area contributed by atoms with E-state index in [9.17, 15) is 19.8 Å². The van der Waals surface area contributed by atoms with Gasteiger partial charge in [0.1, 0.15) is 0 Å². The predicted molar refractivity (Wildman–Crippen MR) is 105 cm³/mol. The molecule has 0 spiro atoms. The number of carboxylic acids is 2. The Morgan fingerprint density at radius 2 is 1.10 bits per heavy atom. The normalized spacial score (nSPS) is 11.0. The minimum absolute atomic E-state index is 0.0254. The van der Waals surface area contributed by atoms with Crippen LogP contribution in [0.4, 0.5) is 0 Å². The SMILES string of the molecule is O=C(O)c1cc(COCCOCCCO)cc(C(=O)O)c1COCCOCCCO. The Morgan fingerprint density at radius 1 is 0.667 bits per heavy atom. The molecule has 0 aliphatic carbocycles. The van der Waals surface area contributed by atoms with Crippen LogP contribution in [0.5, 0.6) is 0 Å². The van der Waals surface area contributed by atoms with Gasteiger partial charge in [0.25, 0.3) is 0 Å². The third kappa shape index (κ3) is 10.1. The molecule has 0 radical (unpaired) electrons. The first kappa shape index (κ1) is 26.0. The number of aromatic carboxylic acids is 2. The molecule has 0 fully saturated rings. The van der Waals surface area contributed by atoms with Crippen LogP contribution in [0, 0.1) is 0 Å². The van der Waals surface area contributed by atoms with E-state index in [1.54, 1.807) is 0 Å². The van der Waals surface area contributed by atoms with E-state index >= 15 is 0 Å². The zero-order chi connectivity index (χ0) is 22.2. The molecule has 0 aliphatic heterocycles. The molecule has 0 heterocycles. The molecule has 1 aromatic carbocycles. The van der Waals surface area contributed by atoms with Crippen molar-refractivity contribution in [3.8, 4) is 0 Å². The number of benzene rings is 1. The summed E-state index contributed by atoms with van der Waals surface area (Å²) in [6, 6.07) is 2.75. The Morgan fingerprint density at radius 3 is 1.53 bits per heavy atom. The van der Waals surface area contributed by atoms with Gasteiger partial charge in [-0.05, 0) is 30.5 Å². The van der Waals surface area contributed by atoms with Gasteiger partial charge in [-0.15, -0.1) is 0 Å². The van der Waals surface area contributed by atoms with Gasteiger partial charge in [0.15, 0.2) is 0 Å². The molecule has 10 heteroatoms. The lowest BCUT2D eigenvalue weighted by atomic mass is 9.98. The highest BCUT2D eigenvalue weighted by Gasteiger charge is 2.20. The summed E-state index contributed by atoms with van der Waals surface area (Å²) in [5, 5.41) is 36.4. The monoisotopic (exact) mass is 430 g/mol. The quantitative estimate of drug-likeness (QED) is 0.247. The minimum atomic E-state index is -1.26. The summed E-state index contributed by atoms with van der Waals surface area (Å²) in [5.74, 6) is -2.52. The van der Waals surface area contributed by atoms with E-state index in [1.165, 1.54) is 12.1 Å². The predicted octanol–water partition coefficient (Wildman–Crippen LogP) is 0.914. The molecule has 0 amide bonds. The van der Waals surface area contributed by atoms with Gasteiger partial charge in [0, 0.05) is 32.0 Å². The van der Waals surface area contributed by atoms with E-state index in [0.29, 0.717) is 38.2 Å². The number of rotatable bonds is 18. The summed E-state index contributed by atoms with van der Waals surface area (Å²) in [6.07, 6.45) is 1.03. The number of carbonyl (C=O) groups is 2. The fourth-order valence-electron chi connectivity index (χ4n) is 2.49. The van der Waals surface area contributed by atoms with E-state index in [2.05, 4.69) is 0 Å². The number of hydrogen-bond donors (Lipinski definition) is 4. The lowest BCUT2D eigenvalue weighted by Gasteiger charge is -2.14. The Balaban J connectivity index is 2.69. The van der Waals surface area contributed by atoms with Crippen LogP contribution >= 0.6 is 0 Å². The van der Waals surface area contributed by atoms with Crippen LogP contribution in [0.3, 0.4) is 0 Å². The fraction of sp³-hybridized carbons (Fsp3) is 0.600.